The van der Waals surface area contributed by atoms with Crippen molar-refractivity contribution in [2.75, 3.05) is 16.8 Å². The van der Waals surface area contributed by atoms with E-state index in [1.165, 1.54) is 12.1 Å². The van der Waals surface area contributed by atoms with Crippen molar-refractivity contribution in [3.05, 3.63) is 107 Å². The van der Waals surface area contributed by atoms with Crippen LogP contribution in [-0.4, -0.2) is 22.4 Å². The fraction of sp³-hybridized carbons (Fsp3) is 0.107. The molecule has 0 atom stereocenters. The van der Waals surface area contributed by atoms with Crippen molar-refractivity contribution in [3.8, 4) is 11.4 Å². The van der Waals surface area contributed by atoms with Crippen LogP contribution in [0.25, 0.3) is 22.3 Å². The Morgan fingerprint density at radius 3 is 2.64 bits per heavy atom. The SMILES string of the molecule is O=C(CCN(Cc1ccco1)c1nc(-c2cccc(Br)c2)nc2ccccc12)Nc1cccc(F)c1. The maximum absolute atomic E-state index is 13.5. The van der Waals surface area contributed by atoms with E-state index in [9.17, 15) is 9.18 Å². The number of benzene rings is 3. The van der Waals surface area contributed by atoms with Crippen LogP contribution in [0.1, 0.15) is 12.2 Å². The third-order valence-electron chi connectivity index (χ3n) is 5.61. The molecule has 0 spiro atoms. The highest BCUT2D eigenvalue weighted by atomic mass is 79.9. The third-order valence-corrected chi connectivity index (χ3v) is 6.10. The lowest BCUT2D eigenvalue weighted by Gasteiger charge is -2.24. The number of furan rings is 1. The highest BCUT2D eigenvalue weighted by Crippen LogP contribution is 2.30. The first-order chi connectivity index (χ1) is 17.5. The minimum Gasteiger partial charge on any atom is -0.467 e. The molecule has 6 nitrogen and oxygen atoms in total. The first kappa shape index (κ1) is 23.7. The Morgan fingerprint density at radius 2 is 1.83 bits per heavy atom. The number of aromatic nitrogens is 2. The molecule has 0 fully saturated rings. The highest BCUT2D eigenvalue weighted by Gasteiger charge is 2.18. The summed E-state index contributed by atoms with van der Waals surface area (Å²) in [4.78, 5) is 24.5. The van der Waals surface area contributed by atoms with Crippen molar-refractivity contribution in [2.24, 2.45) is 0 Å². The molecular formula is C28H22BrFN4O2. The number of anilines is 2. The summed E-state index contributed by atoms with van der Waals surface area (Å²) < 4.78 is 20.1. The van der Waals surface area contributed by atoms with Gasteiger partial charge >= 0.3 is 0 Å². The first-order valence-electron chi connectivity index (χ1n) is 11.4. The molecule has 0 aliphatic heterocycles. The van der Waals surface area contributed by atoms with Crippen LogP contribution in [0, 0.1) is 5.82 Å². The van der Waals surface area contributed by atoms with E-state index in [-0.39, 0.29) is 12.3 Å². The number of rotatable bonds is 8. The Labute approximate surface area is 215 Å². The molecule has 8 heteroatoms. The second-order valence-electron chi connectivity index (χ2n) is 8.21. The van der Waals surface area contributed by atoms with E-state index in [1.807, 2.05) is 65.6 Å². The predicted molar refractivity (Wildman–Crippen MR) is 142 cm³/mol. The first-order valence-corrected chi connectivity index (χ1v) is 12.2. The van der Waals surface area contributed by atoms with Crippen LogP contribution in [0.2, 0.25) is 0 Å². The van der Waals surface area contributed by atoms with E-state index in [0.29, 0.717) is 30.4 Å². The van der Waals surface area contributed by atoms with Crippen LogP contribution in [0.5, 0.6) is 0 Å². The number of amides is 1. The normalized spacial score (nSPS) is 10.9. The summed E-state index contributed by atoms with van der Waals surface area (Å²) in [5.41, 5.74) is 2.09. The molecule has 1 amide bonds. The molecule has 3 aromatic carbocycles. The van der Waals surface area contributed by atoms with Crippen molar-refractivity contribution >= 4 is 44.2 Å². The molecule has 0 saturated heterocycles. The van der Waals surface area contributed by atoms with Gasteiger partial charge in [-0.1, -0.05) is 46.3 Å². The van der Waals surface area contributed by atoms with Crippen molar-refractivity contribution < 1.29 is 13.6 Å². The van der Waals surface area contributed by atoms with Crippen molar-refractivity contribution in [1.82, 2.24) is 9.97 Å². The molecular weight excluding hydrogens is 523 g/mol. The predicted octanol–water partition coefficient (Wildman–Crippen LogP) is 6.83. The fourth-order valence-corrected chi connectivity index (χ4v) is 4.33. The van der Waals surface area contributed by atoms with E-state index in [1.54, 1.807) is 18.4 Å². The molecule has 0 aliphatic rings. The Kier molecular flexibility index (Phi) is 7.04. The summed E-state index contributed by atoms with van der Waals surface area (Å²) in [7, 11) is 0. The molecule has 0 aliphatic carbocycles. The number of halogens is 2. The zero-order chi connectivity index (χ0) is 24.9. The van der Waals surface area contributed by atoms with Crippen molar-refractivity contribution in [1.29, 1.82) is 0 Å². The molecule has 5 aromatic rings. The molecule has 36 heavy (non-hydrogen) atoms. The van der Waals surface area contributed by atoms with Crippen LogP contribution in [0.15, 0.2) is 100 Å². The molecule has 0 unspecified atom stereocenters. The molecule has 2 heterocycles. The average Bonchev–Trinajstić information content (AvgIpc) is 3.39. The van der Waals surface area contributed by atoms with Gasteiger partial charge in [0, 0.05) is 34.1 Å². The molecule has 1 N–H and O–H groups in total. The summed E-state index contributed by atoms with van der Waals surface area (Å²) >= 11 is 3.52. The van der Waals surface area contributed by atoms with E-state index in [0.717, 1.165) is 26.7 Å². The van der Waals surface area contributed by atoms with Crippen molar-refractivity contribution in [2.45, 2.75) is 13.0 Å². The van der Waals surface area contributed by atoms with Crippen LogP contribution >= 0.6 is 15.9 Å². The van der Waals surface area contributed by atoms with Gasteiger partial charge < -0.3 is 14.6 Å². The minimum absolute atomic E-state index is 0.168. The second kappa shape index (κ2) is 10.7. The van der Waals surface area contributed by atoms with Gasteiger partial charge in [0.25, 0.3) is 0 Å². The summed E-state index contributed by atoms with van der Waals surface area (Å²) in [5, 5.41) is 3.63. The number of hydrogen-bond acceptors (Lipinski definition) is 5. The van der Waals surface area contributed by atoms with Gasteiger partial charge in [-0.2, -0.15) is 0 Å². The fourth-order valence-electron chi connectivity index (χ4n) is 3.93. The molecule has 5 rings (SSSR count). The van der Waals surface area contributed by atoms with Crippen LogP contribution in [0.3, 0.4) is 0 Å². The maximum Gasteiger partial charge on any atom is 0.226 e. The Bertz CT molecular complexity index is 1510. The summed E-state index contributed by atoms with van der Waals surface area (Å²) in [6.07, 6.45) is 1.79. The molecule has 0 radical (unpaired) electrons. The highest BCUT2D eigenvalue weighted by molar-refractivity contribution is 9.10. The number of nitrogens with one attached hydrogen (secondary N) is 1. The Morgan fingerprint density at radius 1 is 0.972 bits per heavy atom. The lowest BCUT2D eigenvalue weighted by Crippen LogP contribution is -2.28. The van der Waals surface area contributed by atoms with Gasteiger partial charge in [-0.3, -0.25) is 4.79 Å². The molecule has 0 bridgehead atoms. The van der Waals surface area contributed by atoms with Gasteiger partial charge in [-0.25, -0.2) is 14.4 Å². The van der Waals surface area contributed by atoms with Gasteiger partial charge in [0.2, 0.25) is 5.91 Å². The van der Waals surface area contributed by atoms with Crippen LogP contribution in [-0.2, 0) is 11.3 Å². The van der Waals surface area contributed by atoms with Gasteiger partial charge in [0.05, 0.1) is 18.3 Å². The lowest BCUT2D eigenvalue weighted by molar-refractivity contribution is -0.116. The Hall–Kier alpha value is -4.04. The van der Waals surface area contributed by atoms with Gasteiger partial charge in [0.15, 0.2) is 5.82 Å². The largest absolute Gasteiger partial charge is 0.467 e. The monoisotopic (exact) mass is 544 g/mol. The number of carbonyl (C=O) groups is 1. The van der Waals surface area contributed by atoms with Crippen LogP contribution < -0.4 is 10.2 Å². The number of hydrogen-bond donors (Lipinski definition) is 1. The van der Waals surface area contributed by atoms with E-state index in [2.05, 4.69) is 21.2 Å². The smallest absolute Gasteiger partial charge is 0.226 e. The number of nitrogens with zero attached hydrogens (tertiary/aromatic N) is 3. The number of para-hydroxylation sites is 1. The quantitative estimate of drug-likeness (QED) is 0.232. The van der Waals surface area contributed by atoms with E-state index >= 15 is 0 Å². The molecule has 0 saturated carbocycles. The standard InChI is InChI=1S/C28H22BrFN4O2/c29-20-7-3-6-19(16-20)27-32-25-12-2-1-11-24(25)28(33-27)34(18-23-10-5-15-36-23)14-13-26(35)31-22-9-4-8-21(30)17-22/h1-12,15-17H,13-14,18H2,(H,31,35). The maximum atomic E-state index is 13.5. The van der Waals surface area contributed by atoms with Gasteiger partial charge in [-0.15, -0.1) is 0 Å². The summed E-state index contributed by atoms with van der Waals surface area (Å²) in [6.45, 7) is 0.778. The third kappa shape index (κ3) is 5.60. The lowest BCUT2D eigenvalue weighted by atomic mass is 10.1. The van der Waals surface area contributed by atoms with Gasteiger partial charge in [-0.05, 0) is 54.6 Å². The van der Waals surface area contributed by atoms with Gasteiger partial charge in [0.1, 0.15) is 17.4 Å². The number of fused-ring (bicyclic) bond motifs is 1. The average molecular weight is 545 g/mol. The zero-order valence-electron chi connectivity index (χ0n) is 19.2. The topological polar surface area (TPSA) is 71.3 Å². The van der Waals surface area contributed by atoms with E-state index in [4.69, 9.17) is 14.4 Å². The van der Waals surface area contributed by atoms with Crippen molar-refractivity contribution in [3.63, 3.8) is 0 Å². The zero-order valence-corrected chi connectivity index (χ0v) is 20.8. The van der Waals surface area contributed by atoms with Crippen LogP contribution in [0.4, 0.5) is 15.9 Å². The molecule has 180 valence electrons. The minimum atomic E-state index is -0.403. The second-order valence-corrected chi connectivity index (χ2v) is 9.12. The molecule has 2 aromatic heterocycles. The van der Waals surface area contributed by atoms with E-state index < -0.39 is 5.82 Å². The summed E-state index contributed by atoms with van der Waals surface area (Å²) in [5.74, 6) is 1.40. The summed E-state index contributed by atoms with van der Waals surface area (Å²) in [6, 6.07) is 25.2. The Balaban J connectivity index is 1.49. The number of carbonyl (C=O) groups excluding carboxylic acids is 1.